The Balaban J connectivity index is 1.26. The number of carboxylic acid groups (broad SMARTS) is 1. The quantitative estimate of drug-likeness (QED) is 0.345. The van der Waals surface area contributed by atoms with E-state index in [0.717, 1.165) is 56.2 Å². The SMILES string of the molecule is C[C@]12Cc3c(OC4OC(C(=O)O)C(O)C(O)C4O)n[nH]c3CC1CCC1C2CC[C@@]2(C)C1CC[C@]2(C)O. The molecule has 0 radical (unpaired) electrons. The third-order valence-corrected chi connectivity index (χ3v) is 11.6. The zero-order chi connectivity index (χ0) is 26.5. The van der Waals surface area contributed by atoms with E-state index >= 15 is 0 Å². The van der Waals surface area contributed by atoms with Crippen LogP contribution in [0.5, 0.6) is 5.88 Å². The Labute approximate surface area is 216 Å². The molecule has 0 aromatic carbocycles. The summed E-state index contributed by atoms with van der Waals surface area (Å²) in [6, 6.07) is 0. The largest absolute Gasteiger partial charge is 0.479 e. The smallest absolute Gasteiger partial charge is 0.335 e. The van der Waals surface area contributed by atoms with E-state index in [1.54, 1.807) is 0 Å². The van der Waals surface area contributed by atoms with Gasteiger partial charge in [-0.1, -0.05) is 13.8 Å². The van der Waals surface area contributed by atoms with Crippen LogP contribution in [0.25, 0.3) is 0 Å². The molecule has 206 valence electrons. The number of H-pyrrole nitrogens is 1. The Bertz CT molecular complexity index is 1070. The van der Waals surface area contributed by atoms with Crippen LogP contribution in [-0.2, 0) is 22.4 Å². The lowest BCUT2D eigenvalue weighted by molar-refractivity contribution is -0.271. The number of aromatic nitrogens is 2. The van der Waals surface area contributed by atoms with Crippen molar-refractivity contribution in [3.63, 3.8) is 0 Å². The van der Waals surface area contributed by atoms with Gasteiger partial charge in [0.15, 0.2) is 6.10 Å². The predicted molar refractivity (Wildman–Crippen MR) is 129 cm³/mol. The number of rotatable bonds is 3. The van der Waals surface area contributed by atoms with Gasteiger partial charge in [-0.25, -0.2) is 4.79 Å². The van der Waals surface area contributed by atoms with Gasteiger partial charge in [0.25, 0.3) is 0 Å². The molecule has 4 fully saturated rings. The molecular formula is C27H40N2O8. The summed E-state index contributed by atoms with van der Waals surface area (Å²) in [5.41, 5.74) is 1.27. The number of aliphatic hydroxyl groups excluding tert-OH is 3. The monoisotopic (exact) mass is 520 g/mol. The fraction of sp³-hybridized carbons (Fsp3) is 0.852. The number of aliphatic carboxylic acids is 1. The van der Waals surface area contributed by atoms with Gasteiger partial charge in [-0.3, -0.25) is 5.10 Å². The second kappa shape index (κ2) is 8.39. The number of carboxylic acids is 1. The first-order chi connectivity index (χ1) is 17.4. The minimum atomic E-state index is -1.77. The van der Waals surface area contributed by atoms with Crippen molar-refractivity contribution in [2.45, 2.75) is 108 Å². The highest BCUT2D eigenvalue weighted by molar-refractivity contribution is 5.73. The van der Waals surface area contributed by atoms with Crippen molar-refractivity contribution in [3.8, 4) is 5.88 Å². The Kier molecular flexibility index (Phi) is 5.79. The molecule has 3 saturated carbocycles. The zero-order valence-corrected chi connectivity index (χ0v) is 21.8. The maximum absolute atomic E-state index is 11.5. The van der Waals surface area contributed by atoms with Crippen molar-refractivity contribution in [2.75, 3.05) is 0 Å². The van der Waals surface area contributed by atoms with Crippen LogP contribution in [0.2, 0.25) is 0 Å². The second-order valence-electron chi connectivity index (χ2n) is 13.1. The minimum absolute atomic E-state index is 0.0268. The van der Waals surface area contributed by atoms with Gasteiger partial charge < -0.3 is 35.0 Å². The van der Waals surface area contributed by atoms with Gasteiger partial charge in [0.05, 0.1) is 5.60 Å². The summed E-state index contributed by atoms with van der Waals surface area (Å²) in [6.45, 7) is 6.70. The maximum atomic E-state index is 11.5. The third-order valence-electron chi connectivity index (χ3n) is 11.6. The summed E-state index contributed by atoms with van der Waals surface area (Å²) in [6.07, 6.45) is -0.369. The van der Waals surface area contributed by atoms with E-state index < -0.39 is 42.3 Å². The molecule has 0 spiro atoms. The molecule has 0 bridgehead atoms. The average Bonchev–Trinajstić information content (AvgIpc) is 3.33. The molecule has 9 unspecified atom stereocenters. The number of aliphatic hydroxyl groups is 4. The molecule has 12 atom stereocenters. The van der Waals surface area contributed by atoms with Crippen molar-refractivity contribution >= 4 is 5.97 Å². The van der Waals surface area contributed by atoms with Crippen molar-refractivity contribution in [1.82, 2.24) is 10.2 Å². The molecule has 2 heterocycles. The van der Waals surface area contributed by atoms with Crippen molar-refractivity contribution in [2.24, 2.45) is 34.5 Å². The first-order valence-corrected chi connectivity index (χ1v) is 13.7. The Morgan fingerprint density at radius 2 is 1.76 bits per heavy atom. The van der Waals surface area contributed by atoms with Gasteiger partial charge >= 0.3 is 5.97 Å². The Hall–Kier alpha value is -1.72. The highest BCUT2D eigenvalue weighted by Crippen LogP contribution is 2.67. The number of nitrogens with zero attached hydrogens (tertiary/aromatic N) is 1. The van der Waals surface area contributed by atoms with Crippen molar-refractivity contribution in [1.29, 1.82) is 0 Å². The van der Waals surface area contributed by atoms with Gasteiger partial charge in [-0.15, -0.1) is 5.10 Å². The van der Waals surface area contributed by atoms with Crippen molar-refractivity contribution in [3.05, 3.63) is 11.3 Å². The van der Waals surface area contributed by atoms with Crippen LogP contribution in [0.3, 0.4) is 0 Å². The number of carbonyl (C=O) groups is 1. The van der Waals surface area contributed by atoms with Crippen LogP contribution in [0.15, 0.2) is 0 Å². The minimum Gasteiger partial charge on any atom is -0.479 e. The summed E-state index contributed by atoms with van der Waals surface area (Å²) in [4.78, 5) is 11.5. The van der Waals surface area contributed by atoms with E-state index in [2.05, 4.69) is 24.0 Å². The molecule has 10 nitrogen and oxygen atoms in total. The maximum Gasteiger partial charge on any atom is 0.335 e. The molecule has 1 saturated heterocycles. The van der Waals surface area contributed by atoms with Crippen LogP contribution in [-0.4, -0.2) is 78.0 Å². The molecular weight excluding hydrogens is 480 g/mol. The number of aromatic amines is 1. The average molecular weight is 521 g/mol. The third kappa shape index (κ3) is 3.55. The molecule has 5 aliphatic rings. The fourth-order valence-corrected chi connectivity index (χ4v) is 9.11. The summed E-state index contributed by atoms with van der Waals surface area (Å²) in [7, 11) is 0. The summed E-state index contributed by atoms with van der Waals surface area (Å²) in [5, 5.41) is 58.6. The fourth-order valence-electron chi connectivity index (χ4n) is 9.11. The van der Waals surface area contributed by atoms with Crippen LogP contribution < -0.4 is 4.74 Å². The first kappa shape index (κ1) is 25.6. The number of nitrogens with one attached hydrogen (secondary N) is 1. The first-order valence-electron chi connectivity index (χ1n) is 13.7. The molecule has 6 rings (SSSR count). The Morgan fingerprint density at radius 1 is 1.03 bits per heavy atom. The molecule has 6 N–H and O–H groups in total. The number of ether oxygens (including phenoxy) is 2. The van der Waals surface area contributed by atoms with E-state index in [4.69, 9.17) is 9.47 Å². The zero-order valence-electron chi connectivity index (χ0n) is 21.8. The van der Waals surface area contributed by atoms with E-state index in [9.17, 15) is 30.3 Å². The molecule has 1 aromatic heterocycles. The molecule has 37 heavy (non-hydrogen) atoms. The van der Waals surface area contributed by atoms with E-state index in [0.29, 0.717) is 23.7 Å². The lowest BCUT2D eigenvalue weighted by Gasteiger charge is -2.60. The second-order valence-corrected chi connectivity index (χ2v) is 13.1. The topological polar surface area (TPSA) is 165 Å². The molecule has 4 aliphatic carbocycles. The normalized spacial score (nSPS) is 50.9. The van der Waals surface area contributed by atoms with Crippen LogP contribution in [0, 0.1) is 34.5 Å². The number of hydrogen-bond acceptors (Lipinski definition) is 8. The lowest BCUT2D eigenvalue weighted by Crippen LogP contribution is -2.61. The molecule has 1 aliphatic heterocycles. The highest BCUT2D eigenvalue weighted by atomic mass is 16.7. The molecule has 1 aromatic rings. The standard InChI is InChI=1S/C27H40N2O8/c1-25-11-14-17(28-29-22(14)37-24-20(32)18(30)19(31)21(36-24)23(33)34)10-12(25)4-5-13-15(25)6-8-26(2)16(13)7-9-27(26,3)35/h12-13,15-16,18-21,24,30-32,35H,4-11H2,1-3H3,(H,28,29)(H,33,34)/t12?,13?,15?,16?,18?,19?,20?,21?,24?,25-,26-,27-/m0/s1. The summed E-state index contributed by atoms with van der Waals surface area (Å²) < 4.78 is 11.2. The van der Waals surface area contributed by atoms with Gasteiger partial charge in [-0.2, -0.15) is 0 Å². The van der Waals surface area contributed by atoms with Gasteiger partial charge in [0.1, 0.15) is 18.3 Å². The van der Waals surface area contributed by atoms with Crippen LogP contribution in [0.1, 0.15) is 70.6 Å². The molecule has 10 heteroatoms. The summed E-state index contributed by atoms with van der Waals surface area (Å²) in [5.74, 6) is 0.924. The number of fused-ring (bicyclic) bond motifs is 6. The molecule has 0 amide bonds. The number of hydrogen-bond donors (Lipinski definition) is 6. The van der Waals surface area contributed by atoms with E-state index in [1.807, 2.05) is 6.92 Å². The van der Waals surface area contributed by atoms with Gasteiger partial charge in [0.2, 0.25) is 12.2 Å². The lowest BCUT2D eigenvalue weighted by atomic mass is 9.44. The van der Waals surface area contributed by atoms with E-state index in [1.165, 1.54) is 6.42 Å². The van der Waals surface area contributed by atoms with Gasteiger partial charge in [-0.05, 0) is 92.8 Å². The summed E-state index contributed by atoms with van der Waals surface area (Å²) >= 11 is 0. The van der Waals surface area contributed by atoms with Crippen LogP contribution >= 0.6 is 0 Å². The highest BCUT2D eigenvalue weighted by Gasteiger charge is 2.63. The van der Waals surface area contributed by atoms with Gasteiger partial charge in [0, 0.05) is 11.3 Å². The van der Waals surface area contributed by atoms with Crippen LogP contribution in [0.4, 0.5) is 0 Å². The predicted octanol–water partition coefficient (Wildman–Crippen LogP) is 1.39. The van der Waals surface area contributed by atoms with Crippen molar-refractivity contribution < 1.29 is 39.8 Å². The van der Waals surface area contributed by atoms with E-state index in [-0.39, 0.29) is 16.7 Å². The Morgan fingerprint density at radius 3 is 2.49 bits per heavy atom.